The number of Topliss-reactive ketones (excluding diaryl/α,β-unsaturated/α-hetero) is 1. The molecule has 1 heterocycles. The monoisotopic (exact) mass is 224 g/mol. The van der Waals surface area contributed by atoms with Crippen LogP contribution < -0.4 is 0 Å². The van der Waals surface area contributed by atoms with Gasteiger partial charge in [0.05, 0.1) is 5.69 Å². The average Bonchev–Trinajstić information content (AvgIpc) is 2.59. The van der Waals surface area contributed by atoms with Crippen LogP contribution in [0, 0.1) is 5.92 Å². The number of carbonyl (C=O) groups excluding carboxylic acids is 1. The summed E-state index contributed by atoms with van der Waals surface area (Å²) in [6.07, 6.45) is 4.42. The van der Waals surface area contributed by atoms with Gasteiger partial charge in [0, 0.05) is 6.42 Å². The van der Waals surface area contributed by atoms with Gasteiger partial charge in [-0.15, -0.1) is 5.10 Å². The Kier molecular flexibility index (Phi) is 3.14. The van der Waals surface area contributed by atoms with E-state index >= 15 is 0 Å². The largest absolute Gasteiger partial charge is 0.293 e. The molecule has 1 aliphatic rings. The molecule has 1 aromatic heterocycles. The molecule has 3 nitrogen and oxygen atoms in total. The molecule has 15 heavy (non-hydrogen) atoms. The molecule has 0 aliphatic heterocycles. The Morgan fingerprint density at radius 3 is 2.80 bits per heavy atom. The van der Waals surface area contributed by atoms with Crippen LogP contribution in [0.25, 0.3) is 0 Å². The molecule has 0 radical (unpaired) electrons. The lowest BCUT2D eigenvalue weighted by Gasteiger charge is -2.24. The van der Waals surface area contributed by atoms with Crippen molar-refractivity contribution >= 4 is 17.3 Å². The highest BCUT2D eigenvalue weighted by Crippen LogP contribution is 2.32. The van der Waals surface area contributed by atoms with Gasteiger partial charge >= 0.3 is 0 Å². The number of ketones is 1. The van der Waals surface area contributed by atoms with Gasteiger partial charge in [0.2, 0.25) is 0 Å². The van der Waals surface area contributed by atoms with E-state index in [4.69, 9.17) is 0 Å². The number of carbonyl (C=O) groups is 1. The van der Waals surface area contributed by atoms with Crippen molar-refractivity contribution in [2.24, 2.45) is 5.92 Å². The average molecular weight is 224 g/mol. The van der Waals surface area contributed by atoms with E-state index in [1.807, 2.05) is 0 Å². The summed E-state index contributed by atoms with van der Waals surface area (Å²) in [5.74, 6) is 1.17. The maximum atomic E-state index is 12.0. The first-order valence-electron chi connectivity index (χ1n) is 5.54. The first-order valence-corrected chi connectivity index (χ1v) is 6.31. The molecule has 1 saturated carbocycles. The van der Waals surface area contributed by atoms with E-state index in [2.05, 4.69) is 23.4 Å². The minimum absolute atomic E-state index is 0.249. The number of nitrogens with zero attached hydrogens (tertiary/aromatic N) is 2. The minimum atomic E-state index is 0.249. The highest BCUT2D eigenvalue weighted by atomic mass is 32.1. The van der Waals surface area contributed by atoms with Gasteiger partial charge in [0.1, 0.15) is 4.88 Å². The summed E-state index contributed by atoms with van der Waals surface area (Å²) < 4.78 is 3.89. The molecular formula is C11H16N2OS. The lowest BCUT2D eigenvalue weighted by molar-refractivity contribution is 0.0939. The van der Waals surface area contributed by atoms with Crippen LogP contribution in [0.4, 0.5) is 0 Å². The Labute approximate surface area is 94.1 Å². The predicted molar refractivity (Wildman–Crippen MR) is 60.3 cm³/mol. The second-order valence-electron chi connectivity index (χ2n) is 4.57. The van der Waals surface area contributed by atoms with Gasteiger partial charge in [-0.25, -0.2) is 0 Å². The normalized spacial score (nSPS) is 16.7. The molecule has 0 atom stereocenters. The fourth-order valence-electron chi connectivity index (χ4n) is 1.82. The van der Waals surface area contributed by atoms with Crippen LogP contribution in [-0.2, 0) is 0 Å². The molecule has 0 amide bonds. The summed E-state index contributed by atoms with van der Waals surface area (Å²) in [4.78, 5) is 12.8. The van der Waals surface area contributed by atoms with E-state index in [0.29, 0.717) is 18.3 Å². The Morgan fingerprint density at radius 2 is 2.27 bits per heavy atom. The van der Waals surface area contributed by atoms with Gasteiger partial charge in [-0.2, -0.15) is 0 Å². The van der Waals surface area contributed by atoms with Crippen LogP contribution in [0.1, 0.15) is 60.8 Å². The van der Waals surface area contributed by atoms with Crippen molar-refractivity contribution in [1.82, 2.24) is 9.59 Å². The Balaban J connectivity index is 2.06. The maximum Gasteiger partial charge on any atom is 0.176 e. The van der Waals surface area contributed by atoms with Crippen molar-refractivity contribution in [2.75, 3.05) is 0 Å². The third-order valence-electron chi connectivity index (χ3n) is 3.01. The van der Waals surface area contributed by atoms with Crippen molar-refractivity contribution in [3.63, 3.8) is 0 Å². The molecule has 0 spiro atoms. The molecule has 0 bridgehead atoms. The topological polar surface area (TPSA) is 42.9 Å². The third kappa shape index (κ3) is 2.25. The predicted octanol–water partition coefficient (Wildman–Crippen LogP) is 3.03. The van der Waals surface area contributed by atoms with Crippen molar-refractivity contribution in [3.05, 3.63) is 10.6 Å². The lowest BCUT2D eigenvalue weighted by Crippen LogP contribution is -2.16. The Morgan fingerprint density at radius 1 is 1.53 bits per heavy atom. The van der Waals surface area contributed by atoms with Gasteiger partial charge in [-0.1, -0.05) is 37.6 Å². The minimum Gasteiger partial charge on any atom is -0.293 e. The summed E-state index contributed by atoms with van der Waals surface area (Å²) >= 11 is 1.25. The van der Waals surface area contributed by atoms with Crippen LogP contribution in [-0.4, -0.2) is 15.4 Å². The molecule has 1 aliphatic carbocycles. The van der Waals surface area contributed by atoms with Gasteiger partial charge in [-0.3, -0.25) is 4.79 Å². The van der Waals surface area contributed by atoms with Crippen molar-refractivity contribution in [2.45, 2.75) is 45.4 Å². The zero-order chi connectivity index (χ0) is 10.8. The van der Waals surface area contributed by atoms with E-state index in [9.17, 15) is 4.79 Å². The second-order valence-corrected chi connectivity index (χ2v) is 5.32. The fraction of sp³-hybridized carbons (Fsp3) is 0.727. The smallest absolute Gasteiger partial charge is 0.176 e. The van der Waals surface area contributed by atoms with E-state index in [0.717, 1.165) is 10.6 Å². The van der Waals surface area contributed by atoms with Crippen molar-refractivity contribution in [1.29, 1.82) is 0 Å². The van der Waals surface area contributed by atoms with E-state index in [1.54, 1.807) is 0 Å². The molecule has 1 fully saturated rings. The summed E-state index contributed by atoms with van der Waals surface area (Å²) in [5.41, 5.74) is 0.879. The maximum absolute atomic E-state index is 12.0. The number of hydrogen-bond donors (Lipinski definition) is 0. The first kappa shape index (κ1) is 10.7. The van der Waals surface area contributed by atoms with Crippen molar-refractivity contribution in [3.8, 4) is 0 Å². The molecule has 1 aromatic rings. The third-order valence-corrected chi connectivity index (χ3v) is 3.79. The van der Waals surface area contributed by atoms with Crippen LogP contribution in [0.15, 0.2) is 0 Å². The summed E-state index contributed by atoms with van der Waals surface area (Å²) in [6.45, 7) is 4.10. The summed E-state index contributed by atoms with van der Waals surface area (Å²) in [5, 5.41) is 4.04. The fourth-order valence-corrected chi connectivity index (χ4v) is 2.59. The summed E-state index contributed by atoms with van der Waals surface area (Å²) in [7, 11) is 0. The molecule has 0 unspecified atom stereocenters. The highest BCUT2D eigenvalue weighted by Gasteiger charge is 2.25. The number of rotatable bonds is 4. The number of hydrogen-bond acceptors (Lipinski definition) is 4. The van der Waals surface area contributed by atoms with Crippen molar-refractivity contribution < 1.29 is 4.79 Å². The van der Waals surface area contributed by atoms with Gasteiger partial charge in [0.15, 0.2) is 5.78 Å². The lowest BCUT2D eigenvalue weighted by atomic mass is 9.81. The van der Waals surface area contributed by atoms with E-state index in [-0.39, 0.29) is 5.78 Å². The quantitative estimate of drug-likeness (QED) is 0.738. The molecule has 0 N–H and O–H groups in total. The molecule has 0 aromatic carbocycles. The van der Waals surface area contributed by atoms with Gasteiger partial charge < -0.3 is 0 Å². The molecular weight excluding hydrogens is 208 g/mol. The zero-order valence-corrected chi connectivity index (χ0v) is 10.0. The standard InChI is InChI=1S/C11H16N2OS/c1-7(2)10-11(15-13-12-10)9(14)6-8-4-3-5-8/h7-8H,3-6H2,1-2H3. The van der Waals surface area contributed by atoms with Gasteiger partial charge in [-0.05, 0) is 23.4 Å². The second kappa shape index (κ2) is 4.39. The number of aromatic nitrogens is 2. The molecule has 4 heteroatoms. The highest BCUT2D eigenvalue weighted by molar-refractivity contribution is 7.08. The molecule has 2 rings (SSSR count). The zero-order valence-electron chi connectivity index (χ0n) is 9.19. The van der Waals surface area contributed by atoms with Crippen LogP contribution in [0.5, 0.6) is 0 Å². The van der Waals surface area contributed by atoms with Crippen LogP contribution >= 0.6 is 11.5 Å². The SMILES string of the molecule is CC(C)c1nnsc1C(=O)CC1CCC1. The van der Waals surface area contributed by atoms with Crippen LogP contribution in [0.3, 0.4) is 0 Å². The van der Waals surface area contributed by atoms with Gasteiger partial charge in [0.25, 0.3) is 0 Å². The summed E-state index contributed by atoms with van der Waals surface area (Å²) in [6, 6.07) is 0. The first-order chi connectivity index (χ1) is 7.18. The Hall–Kier alpha value is -0.770. The Bertz CT molecular complexity index is 355. The molecule has 0 saturated heterocycles. The van der Waals surface area contributed by atoms with Crippen LogP contribution in [0.2, 0.25) is 0 Å². The molecule has 82 valence electrons. The van der Waals surface area contributed by atoms with E-state index < -0.39 is 0 Å². The van der Waals surface area contributed by atoms with E-state index in [1.165, 1.54) is 30.8 Å².